The fourth-order valence-electron chi connectivity index (χ4n) is 1.41. The molecule has 0 N–H and O–H groups in total. The van der Waals surface area contributed by atoms with Gasteiger partial charge in [0.2, 0.25) is 0 Å². The fraction of sp³-hybridized carbons (Fsp3) is 0.900. The van der Waals surface area contributed by atoms with E-state index in [9.17, 15) is 4.79 Å². The average molecular weight is 184 g/mol. The number of urea groups is 1. The van der Waals surface area contributed by atoms with Crippen LogP contribution in [0.5, 0.6) is 0 Å². The van der Waals surface area contributed by atoms with Gasteiger partial charge in [-0.3, -0.25) is 0 Å². The number of amides is 2. The molecule has 1 rings (SSSR count). The van der Waals surface area contributed by atoms with E-state index >= 15 is 0 Å². The topological polar surface area (TPSA) is 23.6 Å². The van der Waals surface area contributed by atoms with E-state index in [-0.39, 0.29) is 11.6 Å². The van der Waals surface area contributed by atoms with Crippen LogP contribution in [0.4, 0.5) is 4.79 Å². The summed E-state index contributed by atoms with van der Waals surface area (Å²) in [7, 11) is 1.88. The molecule has 76 valence electrons. The molecule has 0 bridgehead atoms. The lowest BCUT2D eigenvalue weighted by Crippen LogP contribution is -2.48. The molecule has 3 heteroatoms. The van der Waals surface area contributed by atoms with Crippen LogP contribution >= 0.6 is 0 Å². The lowest BCUT2D eigenvalue weighted by Gasteiger charge is -2.35. The van der Waals surface area contributed by atoms with Gasteiger partial charge in [-0.15, -0.1) is 0 Å². The number of nitrogens with zero attached hydrogens (tertiary/aromatic N) is 2. The zero-order chi connectivity index (χ0) is 10.1. The lowest BCUT2D eigenvalue weighted by molar-refractivity contribution is 0.134. The number of rotatable bonds is 0. The van der Waals surface area contributed by atoms with Gasteiger partial charge in [0.1, 0.15) is 0 Å². The van der Waals surface area contributed by atoms with Gasteiger partial charge in [0.25, 0.3) is 0 Å². The second-order valence-corrected chi connectivity index (χ2v) is 4.71. The van der Waals surface area contributed by atoms with Crippen LogP contribution in [0.25, 0.3) is 0 Å². The number of carbonyl (C=O) groups excluding carboxylic acids is 1. The minimum Gasteiger partial charge on any atom is -0.325 e. The van der Waals surface area contributed by atoms with E-state index in [1.54, 1.807) is 0 Å². The summed E-state index contributed by atoms with van der Waals surface area (Å²) in [5.74, 6) is 0. The predicted octanol–water partition coefficient (Wildman–Crippen LogP) is 1.93. The number of likely N-dealkylation sites (tertiary alicyclic amines) is 1. The highest BCUT2D eigenvalue weighted by molar-refractivity contribution is 5.75. The van der Waals surface area contributed by atoms with Gasteiger partial charge in [-0.1, -0.05) is 0 Å². The second kappa shape index (κ2) is 3.56. The summed E-state index contributed by atoms with van der Waals surface area (Å²) >= 11 is 0. The molecule has 0 aromatic rings. The Labute approximate surface area is 80.7 Å². The Morgan fingerprint density at radius 3 is 2.08 bits per heavy atom. The molecule has 1 fully saturated rings. The minimum absolute atomic E-state index is 0.0698. The van der Waals surface area contributed by atoms with Gasteiger partial charge in [0.05, 0.1) is 0 Å². The Bertz CT molecular complexity index is 190. The van der Waals surface area contributed by atoms with Gasteiger partial charge < -0.3 is 9.80 Å². The van der Waals surface area contributed by atoms with Crippen molar-refractivity contribution in [2.75, 3.05) is 20.1 Å². The molecule has 0 atom stereocenters. The third-order valence-electron chi connectivity index (χ3n) is 2.67. The molecule has 0 aliphatic carbocycles. The Balaban J connectivity index is 2.56. The zero-order valence-electron chi connectivity index (χ0n) is 9.13. The Morgan fingerprint density at radius 2 is 1.69 bits per heavy atom. The number of hydrogen-bond donors (Lipinski definition) is 0. The first-order chi connectivity index (χ1) is 5.93. The normalized spacial score (nSPS) is 17.7. The standard InChI is InChI=1S/C10H20N2O/c1-10(2,3)11(4)9(13)12-7-5-6-8-12/h5-8H2,1-4H3. The summed E-state index contributed by atoms with van der Waals surface area (Å²) in [5, 5.41) is 0. The van der Waals surface area contributed by atoms with Gasteiger partial charge in [-0.2, -0.15) is 0 Å². The molecular weight excluding hydrogens is 164 g/mol. The van der Waals surface area contributed by atoms with Gasteiger partial charge in [0, 0.05) is 25.7 Å². The van der Waals surface area contributed by atoms with Crippen LogP contribution in [-0.4, -0.2) is 41.5 Å². The SMILES string of the molecule is CN(C(=O)N1CCCC1)C(C)(C)C. The lowest BCUT2D eigenvalue weighted by atomic mass is 10.1. The van der Waals surface area contributed by atoms with Crippen molar-refractivity contribution in [2.45, 2.75) is 39.2 Å². The summed E-state index contributed by atoms with van der Waals surface area (Å²) in [6.45, 7) is 8.03. The maximum Gasteiger partial charge on any atom is 0.320 e. The van der Waals surface area contributed by atoms with E-state index in [0.717, 1.165) is 25.9 Å². The summed E-state index contributed by atoms with van der Waals surface area (Å²) in [5.41, 5.74) is -0.0698. The molecule has 13 heavy (non-hydrogen) atoms. The molecule has 3 nitrogen and oxygen atoms in total. The molecule has 1 saturated heterocycles. The van der Waals surface area contributed by atoms with Crippen molar-refractivity contribution in [3.63, 3.8) is 0 Å². The molecule has 1 aliphatic rings. The molecule has 0 aromatic carbocycles. The highest BCUT2D eigenvalue weighted by atomic mass is 16.2. The van der Waals surface area contributed by atoms with Gasteiger partial charge >= 0.3 is 6.03 Å². The van der Waals surface area contributed by atoms with Crippen molar-refractivity contribution in [2.24, 2.45) is 0 Å². The average Bonchev–Trinajstić information content (AvgIpc) is 2.51. The third kappa shape index (κ3) is 2.36. The third-order valence-corrected chi connectivity index (χ3v) is 2.67. The Hall–Kier alpha value is -0.730. The first kappa shape index (κ1) is 10.4. The van der Waals surface area contributed by atoms with Crippen LogP contribution in [0, 0.1) is 0 Å². The van der Waals surface area contributed by atoms with Gasteiger partial charge in [-0.25, -0.2) is 4.79 Å². The van der Waals surface area contributed by atoms with Crippen molar-refractivity contribution in [1.29, 1.82) is 0 Å². The van der Waals surface area contributed by atoms with Gasteiger partial charge in [-0.05, 0) is 33.6 Å². The van der Waals surface area contributed by atoms with Crippen LogP contribution in [0.15, 0.2) is 0 Å². The van der Waals surface area contributed by atoms with E-state index in [1.807, 2.05) is 16.8 Å². The maximum atomic E-state index is 11.8. The maximum absolute atomic E-state index is 11.8. The summed E-state index contributed by atoms with van der Waals surface area (Å²) in [6.07, 6.45) is 2.31. The molecule has 2 amide bonds. The monoisotopic (exact) mass is 184 g/mol. The molecule has 1 heterocycles. The van der Waals surface area contributed by atoms with E-state index < -0.39 is 0 Å². The van der Waals surface area contributed by atoms with Crippen LogP contribution in [0.3, 0.4) is 0 Å². The van der Waals surface area contributed by atoms with Gasteiger partial charge in [0.15, 0.2) is 0 Å². The van der Waals surface area contributed by atoms with Crippen molar-refractivity contribution in [3.8, 4) is 0 Å². The molecule has 0 radical (unpaired) electrons. The predicted molar refractivity (Wildman–Crippen MR) is 53.7 cm³/mol. The molecule has 0 saturated carbocycles. The molecule has 0 aromatic heterocycles. The largest absolute Gasteiger partial charge is 0.325 e. The van der Waals surface area contributed by atoms with Crippen LogP contribution < -0.4 is 0 Å². The molecule has 1 aliphatic heterocycles. The van der Waals surface area contributed by atoms with Crippen LogP contribution in [0.2, 0.25) is 0 Å². The molecular formula is C10H20N2O. The van der Waals surface area contributed by atoms with Crippen molar-refractivity contribution < 1.29 is 4.79 Å². The molecule has 0 spiro atoms. The Morgan fingerprint density at radius 1 is 1.23 bits per heavy atom. The smallest absolute Gasteiger partial charge is 0.320 e. The van der Waals surface area contributed by atoms with Crippen molar-refractivity contribution in [3.05, 3.63) is 0 Å². The zero-order valence-corrected chi connectivity index (χ0v) is 9.13. The van der Waals surface area contributed by atoms with Crippen molar-refractivity contribution >= 4 is 6.03 Å². The first-order valence-electron chi connectivity index (χ1n) is 4.95. The minimum atomic E-state index is -0.0698. The van der Waals surface area contributed by atoms with Crippen molar-refractivity contribution in [1.82, 2.24) is 9.80 Å². The summed E-state index contributed by atoms with van der Waals surface area (Å²) < 4.78 is 0. The van der Waals surface area contributed by atoms with E-state index in [4.69, 9.17) is 0 Å². The second-order valence-electron chi connectivity index (χ2n) is 4.71. The number of hydrogen-bond acceptors (Lipinski definition) is 1. The van der Waals surface area contributed by atoms with Crippen LogP contribution in [-0.2, 0) is 0 Å². The summed E-state index contributed by atoms with van der Waals surface area (Å²) in [4.78, 5) is 15.6. The highest BCUT2D eigenvalue weighted by Crippen LogP contribution is 2.16. The van der Waals surface area contributed by atoms with Crippen LogP contribution in [0.1, 0.15) is 33.6 Å². The molecule has 0 unspecified atom stereocenters. The van der Waals surface area contributed by atoms with E-state index in [2.05, 4.69) is 20.8 Å². The van der Waals surface area contributed by atoms with E-state index in [1.165, 1.54) is 0 Å². The van der Waals surface area contributed by atoms with E-state index in [0.29, 0.717) is 0 Å². The summed E-state index contributed by atoms with van der Waals surface area (Å²) in [6, 6.07) is 0.171. The Kier molecular flexibility index (Phi) is 2.84. The highest BCUT2D eigenvalue weighted by Gasteiger charge is 2.27. The first-order valence-corrected chi connectivity index (χ1v) is 4.95. The fourth-order valence-corrected chi connectivity index (χ4v) is 1.41. The quantitative estimate of drug-likeness (QED) is 0.564. The number of carbonyl (C=O) groups is 1.